The van der Waals surface area contributed by atoms with E-state index < -0.39 is 10.0 Å². The fourth-order valence-corrected chi connectivity index (χ4v) is 4.85. The lowest BCUT2D eigenvalue weighted by atomic mass is 10.0. The third-order valence-electron chi connectivity index (χ3n) is 3.47. The van der Waals surface area contributed by atoms with Crippen molar-refractivity contribution in [2.75, 3.05) is 10.0 Å². The first-order valence-electron chi connectivity index (χ1n) is 7.02. The molecule has 0 amide bonds. The molecule has 122 valence electrons. The van der Waals surface area contributed by atoms with Crippen molar-refractivity contribution in [3.63, 3.8) is 0 Å². The molecule has 1 atom stereocenters. The molecule has 1 aromatic heterocycles. The second kappa shape index (κ2) is 6.10. The maximum absolute atomic E-state index is 12.4. The molecule has 1 unspecified atom stereocenters. The van der Waals surface area contributed by atoms with Gasteiger partial charge in [-0.05, 0) is 60.8 Å². The van der Waals surface area contributed by atoms with Crippen molar-refractivity contribution in [3.05, 3.63) is 40.8 Å². The third-order valence-corrected chi connectivity index (χ3v) is 6.45. The second-order valence-corrected chi connectivity index (χ2v) is 8.64. The Labute approximate surface area is 144 Å². The topological polar surface area (TPSA) is 67.4 Å². The van der Waals surface area contributed by atoms with Gasteiger partial charge in [0.25, 0.3) is 15.2 Å². The standard InChI is InChI=1S/C15H16N2O3S3/c1-9-6-12(17-23(18,19)13-4-3-5-22-13)8-11-7-10(2)20-15(21)16-14(9)11/h3-6,8,10,17H,7H2,1-2H3,(H,16,21). The van der Waals surface area contributed by atoms with Crippen LogP contribution in [-0.2, 0) is 21.2 Å². The number of thiocarbonyl (C=S) groups is 1. The molecule has 1 aromatic carbocycles. The minimum Gasteiger partial charge on any atom is -0.467 e. The molecule has 0 fully saturated rings. The smallest absolute Gasteiger partial charge is 0.271 e. The van der Waals surface area contributed by atoms with Crippen molar-refractivity contribution in [3.8, 4) is 0 Å². The van der Waals surface area contributed by atoms with Crippen LogP contribution in [0.15, 0.2) is 33.9 Å². The van der Waals surface area contributed by atoms with Crippen LogP contribution in [0.3, 0.4) is 0 Å². The number of fused-ring (bicyclic) bond motifs is 1. The molecule has 0 saturated carbocycles. The number of ether oxygens (including phenoxy) is 1. The van der Waals surface area contributed by atoms with Gasteiger partial charge in [0.15, 0.2) is 0 Å². The van der Waals surface area contributed by atoms with E-state index in [-0.39, 0.29) is 6.10 Å². The largest absolute Gasteiger partial charge is 0.467 e. The molecule has 5 nitrogen and oxygen atoms in total. The van der Waals surface area contributed by atoms with E-state index in [4.69, 9.17) is 17.0 Å². The monoisotopic (exact) mass is 368 g/mol. The van der Waals surface area contributed by atoms with Gasteiger partial charge in [0.05, 0.1) is 0 Å². The van der Waals surface area contributed by atoms with E-state index in [0.717, 1.165) is 16.8 Å². The molecule has 2 N–H and O–H groups in total. The normalized spacial score (nSPS) is 17.7. The van der Waals surface area contributed by atoms with Crippen molar-refractivity contribution in [2.45, 2.75) is 30.6 Å². The first-order valence-corrected chi connectivity index (χ1v) is 9.80. The molecule has 3 rings (SSSR count). The maximum Gasteiger partial charge on any atom is 0.271 e. The molecular weight excluding hydrogens is 352 g/mol. The number of hydrogen-bond acceptors (Lipinski definition) is 5. The number of anilines is 2. The number of hydrogen-bond donors (Lipinski definition) is 2. The van der Waals surface area contributed by atoms with Crippen molar-refractivity contribution in [1.82, 2.24) is 0 Å². The summed E-state index contributed by atoms with van der Waals surface area (Å²) in [5.74, 6) is 0. The molecule has 23 heavy (non-hydrogen) atoms. The summed E-state index contributed by atoms with van der Waals surface area (Å²) in [4.78, 5) is 0. The van der Waals surface area contributed by atoms with E-state index in [0.29, 0.717) is 21.5 Å². The van der Waals surface area contributed by atoms with Gasteiger partial charge in [0.2, 0.25) is 0 Å². The van der Waals surface area contributed by atoms with Crippen molar-refractivity contribution in [1.29, 1.82) is 0 Å². The summed E-state index contributed by atoms with van der Waals surface area (Å²) >= 11 is 6.32. The fourth-order valence-electron chi connectivity index (χ4n) is 2.55. The predicted octanol–water partition coefficient (Wildman–Crippen LogP) is 3.52. The van der Waals surface area contributed by atoms with Gasteiger partial charge in [-0.3, -0.25) is 4.72 Å². The van der Waals surface area contributed by atoms with Crippen LogP contribution in [0.4, 0.5) is 11.4 Å². The van der Waals surface area contributed by atoms with E-state index >= 15 is 0 Å². The summed E-state index contributed by atoms with van der Waals surface area (Å²) in [6, 6.07) is 6.91. The molecule has 0 bridgehead atoms. The minimum absolute atomic E-state index is 0.0696. The fraction of sp³-hybridized carbons (Fsp3) is 0.267. The van der Waals surface area contributed by atoms with Gasteiger partial charge in [-0.15, -0.1) is 11.3 Å². The van der Waals surface area contributed by atoms with Crippen LogP contribution in [0.25, 0.3) is 0 Å². The van der Waals surface area contributed by atoms with Gasteiger partial charge in [0, 0.05) is 17.8 Å². The average Bonchev–Trinajstić information content (AvgIpc) is 2.92. The summed E-state index contributed by atoms with van der Waals surface area (Å²) in [5.41, 5.74) is 3.31. The van der Waals surface area contributed by atoms with E-state index in [2.05, 4.69) is 10.0 Å². The zero-order chi connectivity index (χ0) is 16.6. The predicted molar refractivity (Wildman–Crippen MR) is 96.8 cm³/mol. The van der Waals surface area contributed by atoms with Crippen LogP contribution in [-0.4, -0.2) is 19.7 Å². The summed E-state index contributed by atoms with van der Waals surface area (Å²) < 4.78 is 33.2. The number of sulfonamides is 1. The first-order chi connectivity index (χ1) is 10.8. The van der Waals surface area contributed by atoms with E-state index in [9.17, 15) is 8.42 Å². The Bertz CT molecular complexity index is 845. The Balaban J connectivity index is 1.97. The molecule has 8 heteroatoms. The van der Waals surface area contributed by atoms with Gasteiger partial charge in [-0.2, -0.15) is 0 Å². The Morgan fingerprint density at radius 1 is 1.43 bits per heavy atom. The van der Waals surface area contributed by atoms with Crippen LogP contribution < -0.4 is 10.0 Å². The number of thiophene rings is 1. The SMILES string of the molecule is Cc1cc(NS(=O)(=O)c2cccs2)cc2c1NC(=S)OC(C)C2. The molecule has 0 saturated heterocycles. The van der Waals surface area contributed by atoms with Gasteiger partial charge < -0.3 is 10.1 Å². The Morgan fingerprint density at radius 3 is 2.91 bits per heavy atom. The minimum atomic E-state index is -3.56. The van der Waals surface area contributed by atoms with Gasteiger partial charge >= 0.3 is 0 Å². The van der Waals surface area contributed by atoms with Gasteiger partial charge in [-0.1, -0.05) is 6.07 Å². The lowest BCUT2D eigenvalue weighted by Gasteiger charge is -2.14. The zero-order valence-electron chi connectivity index (χ0n) is 12.6. The summed E-state index contributed by atoms with van der Waals surface area (Å²) in [5, 5.41) is 5.15. The highest BCUT2D eigenvalue weighted by molar-refractivity contribution is 7.94. The van der Waals surface area contributed by atoms with Crippen molar-refractivity contribution >= 4 is 50.1 Å². The second-order valence-electron chi connectivity index (χ2n) is 5.41. The molecule has 1 aliphatic heterocycles. The van der Waals surface area contributed by atoms with E-state index in [1.807, 2.05) is 19.9 Å². The molecular formula is C15H16N2O3S3. The molecule has 1 aliphatic rings. The number of nitrogens with one attached hydrogen (secondary N) is 2. The van der Waals surface area contributed by atoms with Crippen LogP contribution in [0.2, 0.25) is 0 Å². The average molecular weight is 369 g/mol. The number of aryl methyl sites for hydroxylation is 1. The molecule has 0 spiro atoms. The highest BCUT2D eigenvalue weighted by atomic mass is 32.2. The van der Waals surface area contributed by atoms with E-state index in [1.54, 1.807) is 23.6 Å². The third kappa shape index (κ3) is 3.49. The lowest BCUT2D eigenvalue weighted by Crippen LogP contribution is -2.17. The zero-order valence-corrected chi connectivity index (χ0v) is 15.1. The van der Waals surface area contributed by atoms with E-state index in [1.165, 1.54) is 11.3 Å². The molecule has 2 heterocycles. The van der Waals surface area contributed by atoms with Crippen LogP contribution in [0.1, 0.15) is 18.1 Å². The quantitative estimate of drug-likeness (QED) is 0.812. The number of benzene rings is 1. The maximum atomic E-state index is 12.4. The van der Waals surface area contributed by atoms with Gasteiger partial charge in [0.1, 0.15) is 10.3 Å². The van der Waals surface area contributed by atoms with Crippen LogP contribution >= 0.6 is 23.6 Å². The summed E-state index contributed by atoms with van der Waals surface area (Å²) in [7, 11) is -3.56. The molecule has 0 radical (unpaired) electrons. The van der Waals surface area contributed by atoms with Gasteiger partial charge in [-0.25, -0.2) is 8.42 Å². The first kappa shape index (κ1) is 16.2. The Kier molecular flexibility index (Phi) is 4.31. The Morgan fingerprint density at radius 2 is 2.22 bits per heavy atom. The van der Waals surface area contributed by atoms with Crippen LogP contribution in [0.5, 0.6) is 0 Å². The highest BCUT2D eigenvalue weighted by Crippen LogP contribution is 2.31. The van der Waals surface area contributed by atoms with Crippen molar-refractivity contribution < 1.29 is 13.2 Å². The molecule has 2 aromatic rings. The van der Waals surface area contributed by atoms with Crippen LogP contribution in [0, 0.1) is 6.92 Å². The van der Waals surface area contributed by atoms with Crippen molar-refractivity contribution in [2.24, 2.45) is 0 Å². The highest BCUT2D eigenvalue weighted by Gasteiger charge is 2.21. The summed E-state index contributed by atoms with van der Waals surface area (Å²) in [6.07, 6.45) is 0.581. The lowest BCUT2D eigenvalue weighted by molar-refractivity contribution is 0.217. The summed E-state index contributed by atoms with van der Waals surface area (Å²) in [6.45, 7) is 3.84. The molecule has 0 aliphatic carbocycles. The Hall–Kier alpha value is -1.64. The number of rotatable bonds is 3.